The van der Waals surface area contributed by atoms with Gasteiger partial charge in [0.1, 0.15) is 28.6 Å². The Balaban J connectivity index is 0.993. The quantitative estimate of drug-likeness (QED) is 0.0543. The van der Waals surface area contributed by atoms with E-state index < -0.39 is 64.7 Å². The van der Waals surface area contributed by atoms with Gasteiger partial charge in [-0.05, 0) is 104 Å². The van der Waals surface area contributed by atoms with E-state index in [-0.39, 0.29) is 54.4 Å². The predicted octanol–water partition coefficient (Wildman–Crippen LogP) is 8.50. The Morgan fingerprint density at radius 2 is 1.79 bits per heavy atom. The van der Waals surface area contributed by atoms with Crippen LogP contribution in [0.15, 0.2) is 89.6 Å². The van der Waals surface area contributed by atoms with Crippen molar-refractivity contribution < 1.29 is 49.2 Å². The number of alkyl halides is 3. The Morgan fingerprint density at radius 3 is 2.50 bits per heavy atom. The molecule has 2 aromatic heterocycles. The number of H-pyrrole nitrogens is 1. The molecule has 16 nitrogen and oxygen atoms in total. The van der Waals surface area contributed by atoms with E-state index in [9.17, 15) is 44.9 Å². The Morgan fingerprint density at radius 1 is 1.01 bits per heavy atom. The summed E-state index contributed by atoms with van der Waals surface area (Å²) in [7, 11) is -7.94. The molecule has 1 aliphatic carbocycles. The molecule has 374 valence electrons. The van der Waals surface area contributed by atoms with Crippen LogP contribution in [0.1, 0.15) is 67.1 Å². The van der Waals surface area contributed by atoms with Crippen LogP contribution in [0.4, 0.5) is 30.2 Å². The number of piperazine rings is 1. The van der Waals surface area contributed by atoms with E-state index in [2.05, 4.69) is 38.9 Å². The Kier molecular flexibility index (Phi) is 14.5. The van der Waals surface area contributed by atoms with E-state index in [4.69, 9.17) is 9.47 Å². The van der Waals surface area contributed by atoms with Crippen LogP contribution in [-0.2, 0) is 30.8 Å². The number of ether oxygens (including phenoxy) is 2. The van der Waals surface area contributed by atoms with Crippen molar-refractivity contribution in [3.8, 4) is 11.5 Å². The molecule has 4 heterocycles. The molecule has 2 saturated heterocycles. The number of aromatic nitrogens is 2. The van der Waals surface area contributed by atoms with Crippen LogP contribution >= 0.6 is 0 Å². The van der Waals surface area contributed by atoms with Crippen LogP contribution in [0.25, 0.3) is 16.6 Å². The second-order valence-corrected chi connectivity index (χ2v) is 23.1. The number of sulfonamides is 1. The van der Waals surface area contributed by atoms with Crippen molar-refractivity contribution in [3.05, 3.63) is 117 Å². The molecule has 0 spiro atoms. The largest absolute Gasteiger partial charge is 0.455 e. The van der Waals surface area contributed by atoms with Crippen LogP contribution in [-0.4, -0.2) is 123 Å². The number of nitrogens with zero attached hydrogens (tertiary/aromatic N) is 5. The molecule has 1 unspecified atom stereocenters. The van der Waals surface area contributed by atoms with E-state index in [1.54, 1.807) is 43.5 Å². The van der Waals surface area contributed by atoms with E-state index in [0.717, 1.165) is 47.5 Å². The number of carbonyl (C=O) groups excluding carboxylic acids is 1. The number of Topliss-reactive ketones (excluding diaryl/α,β-unsaturated/α-hetero) is 1. The first-order valence-corrected chi connectivity index (χ1v) is 26.3. The van der Waals surface area contributed by atoms with E-state index in [1.165, 1.54) is 53.3 Å². The summed E-state index contributed by atoms with van der Waals surface area (Å²) >= 11 is 0. The first-order valence-electron chi connectivity index (χ1n) is 23.1. The minimum absolute atomic E-state index is 0.00183. The fourth-order valence-corrected chi connectivity index (χ4v) is 11.7. The molecule has 70 heavy (non-hydrogen) atoms. The molecule has 0 bridgehead atoms. The number of hydrogen-bond acceptors (Lipinski definition) is 13. The number of morpholine rings is 1. The summed E-state index contributed by atoms with van der Waals surface area (Å²) in [5.41, 5.74) is 3.86. The number of fused-ring (bicyclic) bond motifs is 1. The summed E-state index contributed by atoms with van der Waals surface area (Å²) in [6.07, 6.45) is 0.713. The number of halogens is 3. The SMILES string of the molecule is CCS(=O)(=O)N1CCOC(CNc2ccc(S(=O)(=O)CC(=O)c3ccc(N4CCN(CC5=C(c6ccc(C(F)(F)F)cc6C)CC(C)(C)CC5)CC4)cc3Oc3cnc4[nH]ccc4c3)cc2[N+](=O)[O-])C1. The predicted molar refractivity (Wildman–Crippen MR) is 261 cm³/mol. The lowest BCUT2D eigenvalue weighted by atomic mass is 9.72. The average Bonchev–Trinajstić information content (AvgIpc) is 3.79. The fourth-order valence-electron chi connectivity index (χ4n) is 9.34. The van der Waals surface area contributed by atoms with E-state index >= 15 is 0 Å². The number of nitro groups is 1. The highest BCUT2D eigenvalue weighted by atomic mass is 32.2. The maximum atomic E-state index is 14.1. The molecule has 2 aliphatic heterocycles. The van der Waals surface area contributed by atoms with Crippen LogP contribution in [0.5, 0.6) is 11.5 Å². The fraction of sp³-hybridized carbons (Fsp3) is 0.429. The van der Waals surface area contributed by atoms with Gasteiger partial charge in [-0.2, -0.15) is 17.5 Å². The smallest absolute Gasteiger partial charge is 0.416 e. The number of pyridine rings is 1. The lowest BCUT2D eigenvalue weighted by Gasteiger charge is -2.39. The summed E-state index contributed by atoms with van der Waals surface area (Å²) in [5, 5.41) is 15.9. The van der Waals surface area contributed by atoms with Gasteiger partial charge >= 0.3 is 6.18 Å². The molecule has 0 amide bonds. The van der Waals surface area contributed by atoms with Crippen molar-refractivity contribution in [1.29, 1.82) is 0 Å². The molecule has 8 rings (SSSR count). The number of sulfone groups is 1. The molecule has 5 aromatic rings. The third-order valence-corrected chi connectivity index (χ3v) is 16.8. The minimum atomic E-state index is -4.46. The number of anilines is 2. The normalized spacial score (nSPS) is 18.6. The first kappa shape index (κ1) is 50.5. The van der Waals surface area contributed by atoms with Crippen molar-refractivity contribution in [1.82, 2.24) is 19.2 Å². The molecular weight excluding hydrogens is 952 g/mol. The maximum absolute atomic E-state index is 14.1. The summed E-state index contributed by atoms with van der Waals surface area (Å²) in [4.78, 5) is 37.0. The van der Waals surface area contributed by atoms with Gasteiger partial charge in [0.2, 0.25) is 10.0 Å². The van der Waals surface area contributed by atoms with Crippen LogP contribution in [0.2, 0.25) is 0 Å². The minimum Gasteiger partial charge on any atom is -0.455 e. The summed E-state index contributed by atoms with van der Waals surface area (Å²) in [6, 6.07) is 15.8. The van der Waals surface area contributed by atoms with Gasteiger partial charge in [0.25, 0.3) is 5.69 Å². The zero-order chi connectivity index (χ0) is 50.2. The van der Waals surface area contributed by atoms with Gasteiger partial charge in [-0.25, -0.2) is 21.8 Å². The number of nitrogens with one attached hydrogen (secondary N) is 2. The monoisotopic (exact) mass is 1010 g/mol. The van der Waals surface area contributed by atoms with Crippen LogP contribution < -0.4 is 15.0 Å². The molecule has 21 heteroatoms. The van der Waals surface area contributed by atoms with Gasteiger partial charge < -0.3 is 24.7 Å². The molecule has 0 saturated carbocycles. The number of allylic oxidation sites excluding steroid dienone is 1. The molecule has 1 atom stereocenters. The van der Waals surface area contributed by atoms with Gasteiger partial charge in [-0.1, -0.05) is 25.5 Å². The van der Waals surface area contributed by atoms with Crippen molar-refractivity contribution >= 4 is 59.3 Å². The average molecular weight is 1010 g/mol. The highest BCUT2D eigenvalue weighted by Crippen LogP contribution is 2.45. The van der Waals surface area contributed by atoms with Crippen molar-refractivity contribution in [2.45, 2.75) is 64.1 Å². The van der Waals surface area contributed by atoms with Crippen molar-refractivity contribution in [2.75, 3.05) is 80.7 Å². The number of hydrogen-bond donors (Lipinski definition) is 2. The number of carbonyl (C=O) groups is 1. The second-order valence-electron chi connectivity index (χ2n) is 18.8. The zero-order valence-corrected chi connectivity index (χ0v) is 41.0. The Bertz CT molecular complexity index is 3060. The van der Waals surface area contributed by atoms with E-state index in [1.807, 2.05) is 0 Å². The number of aromatic amines is 1. The summed E-state index contributed by atoms with van der Waals surface area (Å²) < 4.78 is 107. The molecule has 2 N–H and O–H groups in total. The number of benzene rings is 3. The molecule has 2 fully saturated rings. The number of aryl methyl sites for hydroxylation is 1. The van der Waals surface area contributed by atoms with Gasteiger partial charge in [-0.15, -0.1) is 0 Å². The third-order valence-electron chi connectivity index (χ3n) is 13.3. The second kappa shape index (κ2) is 20.1. The summed E-state index contributed by atoms with van der Waals surface area (Å²) in [5.74, 6) is -1.54. The van der Waals surface area contributed by atoms with Gasteiger partial charge in [0.15, 0.2) is 15.6 Å². The van der Waals surface area contributed by atoms with E-state index in [0.29, 0.717) is 49.7 Å². The zero-order valence-electron chi connectivity index (χ0n) is 39.3. The first-order chi connectivity index (χ1) is 33.1. The van der Waals surface area contributed by atoms with Crippen LogP contribution in [0, 0.1) is 22.5 Å². The van der Waals surface area contributed by atoms with Crippen LogP contribution in [0.3, 0.4) is 0 Å². The maximum Gasteiger partial charge on any atom is 0.416 e. The van der Waals surface area contributed by atoms with Gasteiger partial charge in [-0.3, -0.25) is 19.8 Å². The third kappa shape index (κ3) is 11.5. The number of ketones is 1. The molecule has 3 aromatic carbocycles. The molecular formula is C49H56F3N7O9S2. The molecule has 0 radical (unpaired) electrons. The van der Waals surface area contributed by atoms with Gasteiger partial charge in [0, 0.05) is 81.8 Å². The number of nitro benzene ring substituents is 1. The lowest BCUT2D eigenvalue weighted by Crippen LogP contribution is -2.48. The van der Waals surface area contributed by atoms with Crippen molar-refractivity contribution in [2.24, 2.45) is 5.41 Å². The molecule has 3 aliphatic rings. The topological polar surface area (TPSA) is 197 Å². The number of rotatable bonds is 16. The van der Waals surface area contributed by atoms with Gasteiger partial charge in [0.05, 0.1) is 45.6 Å². The van der Waals surface area contributed by atoms with Crippen molar-refractivity contribution in [3.63, 3.8) is 0 Å². The highest BCUT2D eigenvalue weighted by molar-refractivity contribution is 7.92. The highest BCUT2D eigenvalue weighted by Gasteiger charge is 2.34. The lowest BCUT2D eigenvalue weighted by molar-refractivity contribution is -0.384. The Hall–Kier alpha value is -5.87. The summed E-state index contributed by atoms with van der Waals surface area (Å²) in [6.45, 7) is 11.3. The Labute approximate surface area is 405 Å². The standard InChI is InChI=1S/C49H56F3N7O9S2/c1-5-70(65,66)58-20-21-67-38(30-58)28-54-43-11-8-39(25-44(43)59(61)62)69(63,64)31-45(60)41-10-7-36(24-46(41)68-37-23-33-13-15-53-47(33)55-27-37)57-18-16-56(17-19-57)29-34-12-14-48(3,4)26-42(34)40-9-6-35(22-32(40)2)49(50,51)52/h6-11,13,15,22-25,27,38,54H,5,12,14,16-21,26,28-31H2,1-4H3,(H,53,55).